The molecule has 0 fully saturated rings. The molecule has 2 heterocycles. The molecule has 4 heteroatoms. The maximum Gasteiger partial charge on any atom is 0.137 e. The Kier molecular flexibility index (Phi) is 3.86. The van der Waals surface area contributed by atoms with E-state index in [-0.39, 0.29) is 0 Å². The lowest BCUT2D eigenvalue weighted by Crippen LogP contribution is -2.02. The number of benzene rings is 1. The minimum Gasteiger partial charge on any atom is -0.497 e. The molecular weight excluding hydrogens is 276 g/mol. The lowest BCUT2D eigenvalue weighted by Gasteiger charge is -2.11. The van der Waals surface area contributed by atoms with E-state index in [4.69, 9.17) is 9.72 Å². The van der Waals surface area contributed by atoms with Crippen LogP contribution in [0.1, 0.15) is 30.7 Å². The second-order valence-electron chi connectivity index (χ2n) is 5.43. The molecule has 2 aromatic heterocycles. The monoisotopic (exact) mass is 296 g/mol. The highest BCUT2D eigenvalue weighted by molar-refractivity contribution is 5.67. The van der Waals surface area contributed by atoms with E-state index in [2.05, 4.69) is 0 Å². The van der Waals surface area contributed by atoms with Crippen molar-refractivity contribution in [3.8, 4) is 17.0 Å². The maximum absolute atomic E-state index is 10.5. The Morgan fingerprint density at radius 1 is 1.18 bits per heavy atom. The Morgan fingerprint density at radius 2 is 1.91 bits per heavy atom. The molecule has 1 unspecified atom stereocenters. The predicted octanol–water partition coefficient (Wildman–Crippen LogP) is 3.76. The lowest BCUT2D eigenvalue weighted by molar-refractivity contribution is 0.168. The first-order valence-electron chi connectivity index (χ1n) is 7.45. The number of hydrogen-bond donors (Lipinski definition) is 1. The smallest absolute Gasteiger partial charge is 0.137 e. The number of aromatic nitrogens is 2. The Morgan fingerprint density at radius 3 is 2.55 bits per heavy atom. The van der Waals surface area contributed by atoms with Crippen molar-refractivity contribution >= 4 is 5.65 Å². The van der Waals surface area contributed by atoms with Gasteiger partial charge in [0.15, 0.2) is 0 Å². The molecule has 0 bridgehead atoms. The van der Waals surface area contributed by atoms with Gasteiger partial charge in [-0.1, -0.05) is 13.0 Å². The van der Waals surface area contributed by atoms with Crippen molar-refractivity contribution in [2.75, 3.05) is 7.11 Å². The van der Waals surface area contributed by atoms with E-state index in [1.54, 1.807) is 7.11 Å². The fourth-order valence-electron chi connectivity index (χ4n) is 2.64. The number of fused-ring (bicyclic) bond motifs is 1. The van der Waals surface area contributed by atoms with Crippen molar-refractivity contribution in [2.24, 2.45) is 0 Å². The van der Waals surface area contributed by atoms with Crippen LogP contribution in [0.2, 0.25) is 0 Å². The van der Waals surface area contributed by atoms with Gasteiger partial charge in [-0.2, -0.15) is 0 Å². The van der Waals surface area contributed by atoms with E-state index in [0.29, 0.717) is 6.42 Å². The highest BCUT2D eigenvalue weighted by Gasteiger charge is 2.19. The van der Waals surface area contributed by atoms with Crippen LogP contribution < -0.4 is 4.74 Å². The molecule has 3 rings (SSSR count). The van der Waals surface area contributed by atoms with Crippen LogP contribution in [0, 0.1) is 6.92 Å². The Bertz CT molecular complexity index is 791. The van der Waals surface area contributed by atoms with Gasteiger partial charge >= 0.3 is 0 Å². The summed E-state index contributed by atoms with van der Waals surface area (Å²) in [6.07, 6.45) is 2.11. The normalized spacial score (nSPS) is 12.5. The number of nitrogens with zero attached hydrogens (tertiary/aromatic N) is 2. The average Bonchev–Trinajstić information content (AvgIpc) is 2.92. The van der Waals surface area contributed by atoms with Crippen LogP contribution in [-0.4, -0.2) is 21.6 Å². The van der Waals surface area contributed by atoms with Gasteiger partial charge in [0, 0.05) is 11.8 Å². The molecule has 0 aliphatic heterocycles. The van der Waals surface area contributed by atoms with E-state index in [1.165, 1.54) is 0 Å². The van der Waals surface area contributed by atoms with Crippen LogP contribution in [-0.2, 0) is 0 Å². The Labute approximate surface area is 130 Å². The molecular formula is C18H20N2O2. The standard InChI is InChI=1S/C18H20N2O2/c1-4-15(21)18-17(13-6-8-14(22-3)9-7-13)19-16-10-5-12(2)11-20(16)18/h5-11,15,21H,4H2,1-3H3. The van der Waals surface area contributed by atoms with Gasteiger partial charge in [-0.25, -0.2) is 4.98 Å². The topological polar surface area (TPSA) is 46.8 Å². The van der Waals surface area contributed by atoms with Crippen LogP contribution in [0.4, 0.5) is 0 Å². The van der Waals surface area contributed by atoms with Gasteiger partial charge in [0.2, 0.25) is 0 Å². The number of rotatable bonds is 4. The summed E-state index contributed by atoms with van der Waals surface area (Å²) in [5.41, 5.74) is 4.62. The number of methoxy groups -OCH3 is 1. The third-order valence-electron chi connectivity index (χ3n) is 3.87. The van der Waals surface area contributed by atoms with Gasteiger partial charge < -0.3 is 14.2 Å². The van der Waals surface area contributed by atoms with Gasteiger partial charge in [0.05, 0.1) is 24.6 Å². The summed E-state index contributed by atoms with van der Waals surface area (Å²) in [6.45, 7) is 4.01. The van der Waals surface area contributed by atoms with Crippen molar-refractivity contribution in [3.05, 3.63) is 53.9 Å². The molecule has 3 aromatic rings. The van der Waals surface area contributed by atoms with Crippen LogP contribution >= 0.6 is 0 Å². The number of hydrogen-bond acceptors (Lipinski definition) is 3. The van der Waals surface area contributed by atoms with Crippen LogP contribution in [0.3, 0.4) is 0 Å². The van der Waals surface area contributed by atoms with E-state index < -0.39 is 6.10 Å². The first-order valence-corrected chi connectivity index (χ1v) is 7.45. The van der Waals surface area contributed by atoms with Crippen molar-refractivity contribution < 1.29 is 9.84 Å². The third-order valence-corrected chi connectivity index (χ3v) is 3.87. The molecule has 22 heavy (non-hydrogen) atoms. The van der Waals surface area contributed by atoms with Crippen molar-refractivity contribution in [3.63, 3.8) is 0 Å². The van der Waals surface area contributed by atoms with E-state index >= 15 is 0 Å². The largest absolute Gasteiger partial charge is 0.497 e. The third kappa shape index (κ3) is 2.46. The van der Waals surface area contributed by atoms with Gasteiger partial charge in [-0.3, -0.25) is 0 Å². The SMILES string of the molecule is CCC(O)c1c(-c2ccc(OC)cc2)nc2ccc(C)cn12. The maximum atomic E-state index is 10.5. The number of ether oxygens (including phenoxy) is 1. The number of aryl methyl sites for hydroxylation is 1. The summed E-state index contributed by atoms with van der Waals surface area (Å²) in [7, 11) is 1.65. The molecule has 0 aliphatic carbocycles. The second kappa shape index (κ2) is 5.81. The summed E-state index contributed by atoms with van der Waals surface area (Å²) >= 11 is 0. The lowest BCUT2D eigenvalue weighted by atomic mass is 10.1. The van der Waals surface area contributed by atoms with Gasteiger partial charge in [0.1, 0.15) is 11.4 Å². The summed E-state index contributed by atoms with van der Waals surface area (Å²) in [6, 6.07) is 11.8. The summed E-state index contributed by atoms with van der Waals surface area (Å²) < 4.78 is 7.19. The molecule has 1 N–H and O–H groups in total. The fraction of sp³-hybridized carbons (Fsp3) is 0.278. The molecule has 1 atom stereocenters. The fourth-order valence-corrected chi connectivity index (χ4v) is 2.64. The molecule has 0 spiro atoms. The number of pyridine rings is 1. The summed E-state index contributed by atoms with van der Waals surface area (Å²) in [4.78, 5) is 4.71. The zero-order valence-electron chi connectivity index (χ0n) is 13.1. The average molecular weight is 296 g/mol. The zero-order valence-corrected chi connectivity index (χ0v) is 13.1. The molecule has 0 saturated heterocycles. The summed E-state index contributed by atoms with van der Waals surface area (Å²) in [5, 5.41) is 10.5. The molecule has 1 aromatic carbocycles. The quantitative estimate of drug-likeness (QED) is 0.797. The highest BCUT2D eigenvalue weighted by Crippen LogP contribution is 2.31. The molecule has 4 nitrogen and oxygen atoms in total. The number of aliphatic hydroxyl groups is 1. The van der Waals surface area contributed by atoms with Crippen molar-refractivity contribution in [2.45, 2.75) is 26.4 Å². The van der Waals surface area contributed by atoms with Crippen LogP contribution in [0.25, 0.3) is 16.9 Å². The highest BCUT2D eigenvalue weighted by atomic mass is 16.5. The predicted molar refractivity (Wildman–Crippen MR) is 87.2 cm³/mol. The van der Waals surface area contributed by atoms with Gasteiger partial charge in [0.25, 0.3) is 0 Å². The number of imidazole rings is 1. The van der Waals surface area contributed by atoms with Crippen LogP contribution in [0.5, 0.6) is 5.75 Å². The molecule has 0 radical (unpaired) electrons. The molecule has 0 aliphatic rings. The van der Waals surface area contributed by atoms with Crippen molar-refractivity contribution in [1.82, 2.24) is 9.38 Å². The van der Waals surface area contributed by atoms with Crippen LogP contribution in [0.15, 0.2) is 42.6 Å². The van der Waals surface area contributed by atoms with E-state index in [0.717, 1.165) is 33.9 Å². The Balaban J connectivity index is 2.22. The minimum absolute atomic E-state index is 0.547. The summed E-state index contributed by atoms with van der Waals surface area (Å²) in [5.74, 6) is 0.806. The zero-order chi connectivity index (χ0) is 15.7. The van der Waals surface area contributed by atoms with Gasteiger partial charge in [-0.15, -0.1) is 0 Å². The second-order valence-corrected chi connectivity index (χ2v) is 5.43. The molecule has 0 amide bonds. The Hall–Kier alpha value is -2.33. The molecule has 0 saturated carbocycles. The van der Waals surface area contributed by atoms with Crippen molar-refractivity contribution in [1.29, 1.82) is 0 Å². The number of aliphatic hydroxyl groups excluding tert-OH is 1. The first kappa shape index (κ1) is 14.6. The van der Waals surface area contributed by atoms with E-state index in [9.17, 15) is 5.11 Å². The minimum atomic E-state index is -0.547. The first-order chi connectivity index (χ1) is 10.6. The van der Waals surface area contributed by atoms with Gasteiger partial charge in [-0.05, 0) is 49.2 Å². The van der Waals surface area contributed by atoms with E-state index in [1.807, 2.05) is 60.8 Å². The molecule has 114 valence electrons.